The second-order valence-corrected chi connectivity index (χ2v) is 4.61. The van der Waals surface area contributed by atoms with Crippen molar-refractivity contribution >= 4 is 23.3 Å². The minimum atomic E-state index is -0.420. The van der Waals surface area contributed by atoms with E-state index in [4.69, 9.17) is 0 Å². The summed E-state index contributed by atoms with van der Waals surface area (Å²) < 4.78 is 1.45. The highest BCUT2D eigenvalue weighted by Gasteiger charge is 2.19. The molecule has 90 valence electrons. The van der Waals surface area contributed by atoms with Gasteiger partial charge in [-0.25, -0.2) is 0 Å². The van der Waals surface area contributed by atoms with Gasteiger partial charge in [0.05, 0.1) is 4.92 Å². The molecule has 0 aromatic carbocycles. The van der Waals surface area contributed by atoms with Crippen LogP contribution in [0.5, 0.6) is 0 Å². The van der Waals surface area contributed by atoms with E-state index in [0.29, 0.717) is 5.82 Å². The highest BCUT2D eigenvalue weighted by atomic mass is 32.2. The third kappa shape index (κ3) is 3.41. The Bertz CT molecular complexity index is 366. The fraction of sp³-hybridized carbons (Fsp3) is 0.667. The van der Waals surface area contributed by atoms with Crippen molar-refractivity contribution in [1.82, 2.24) is 9.78 Å². The molecule has 0 aliphatic carbocycles. The molecule has 1 unspecified atom stereocenters. The van der Waals surface area contributed by atoms with Gasteiger partial charge in [0.2, 0.25) is 5.82 Å². The van der Waals surface area contributed by atoms with Gasteiger partial charge in [0.15, 0.2) is 0 Å². The van der Waals surface area contributed by atoms with Crippen molar-refractivity contribution in [3.63, 3.8) is 0 Å². The van der Waals surface area contributed by atoms with Gasteiger partial charge in [0.25, 0.3) is 0 Å². The van der Waals surface area contributed by atoms with Crippen LogP contribution in [-0.2, 0) is 7.05 Å². The van der Waals surface area contributed by atoms with Gasteiger partial charge in [-0.3, -0.25) is 14.8 Å². The van der Waals surface area contributed by atoms with E-state index < -0.39 is 4.92 Å². The van der Waals surface area contributed by atoms with Crippen LogP contribution in [0.15, 0.2) is 6.20 Å². The summed E-state index contributed by atoms with van der Waals surface area (Å²) in [5.74, 6) is 1.37. The molecule has 0 bridgehead atoms. The molecule has 7 heteroatoms. The zero-order chi connectivity index (χ0) is 12.1. The van der Waals surface area contributed by atoms with Gasteiger partial charge in [0.1, 0.15) is 6.20 Å². The van der Waals surface area contributed by atoms with E-state index in [9.17, 15) is 10.1 Å². The molecule has 0 fully saturated rings. The topological polar surface area (TPSA) is 73.0 Å². The summed E-state index contributed by atoms with van der Waals surface area (Å²) in [6.07, 6.45) is 4.40. The number of nitrogens with one attached hydrogen (secondary N) is 1. The molecule has 1 N–H and O–H groups in total. The van der Waals surface area contributed by atoms with Gasteiger partial charge in [-0.1, -0.05) is 0 Å². The van der Waals surface area contributed by atoms with Crippen LogP contribution in [0, 0.1) is 10.1 Å². The first-order chi connectivity index (χ1) is 7.54. The van der Waals surface area contributed by atoms with Crippen molar-refractivity contribution in [3.8, 4) is 0 Å². The fourth-order valence-corrected chi connectivity index (χ4v) is 1.90. The number of anilines is 1. The molecule has 1 rings (SSSR count). The Morgan fingerprint density at radius 3 is 3.00 bits per heavy atom. The van der Waals surface area contributed by atoms with E-state index in [1.54, 1.807) is 18.8 Å². The second kappa shape index (κ2) is 5.74. The molecule has 0 spiro atoms. The third-order valence-corrected chi connectivity index (χ3v) is 2.79. The van der Waals surface area contributed by atoms with Crippen LogP contribution in [0.25, 0.3) is 0 Å². The zero-order valence-electron chi connectivity index (χ0n) is 9.64. The number of aromatic nitrogens is 2. The van der Waals surface area contributed by atoms with Crippen LogP contribution in [0.2, 0.25) is 0 Å². The molecule has 0 saturated heterocycles. The Morgan fingerprint density at radius 2 is 2.44 bits per heavy atom. The summed E-state index contributed by atoms with van der Waals surface area (Å²) in [6.45, 7) is 1.99. The minimum Gasteiger partial charge on any atom is -0.360 e. The minimum absolute atomic E-state index is 0.0264. The van der Waals surface area contributed by atoms with E-state index in [1.807, 2.05) is 13.2 Å². The summed E-state index contributed by atoms with van der Waals surface area (Å²) in [5, 5.41) is 17.8. The SMILES string of the molecule is CSCCC(C)Nc1nn(C)cc1[N+](=O)[O-]. The maximum Gasteiger partial charge on any atom is 0.330 e. The Morgan fingerprint density at radius 1 is 1.75 bits per heavy atom. The largest absolute Gasteiger partial charge is 0.360 e. The summed E-state index contributed by atoms with van der Waals surface area (Å²) in [6, 6.07) is 0.182. The molecule has 1 aromatic heterocycles. The molecule has 0 amide bonds. The highest BCUT2D eigenvalue weighted by molar-refractivity contribution is 7.98. The number of nitro groups is 1. The predicted molar refractivity (Wildman–Crippen MR) is 65.9 cm³/mol. The van der Waals surface area contributed by atoms with Gasteiger partial charge in [-0.2, -0.15) is 11.8 Å². The van der Waals surface area contributed by atoms with Crippen molar-refractivity contribution in [2.24, 2.45) is 7.05 Å². The average molecular weight is 244 g/mol. The average Bonchev–Trinajstić information content (AvgIpc) is 2.56. The van der Waals surface area contributed by atoms with E-state index in [2.05, 4.69) is 10.4 Å². The number of hydrogen-bond donors (Lipinski definition) is 1. The standard InChI is InChI=1S/C9H16N4O2S/c1-7(4-5-16-3)10-9-8(13(14)15)6-12(2)11-9/h6-7H,4-5H2,1-3H3,(H,10,11). The van der Waals surface area contributed by atoms with Gasteiger partial charge in [0, 0.05) is 13.1 Å². The number of hydrogen-bond acceptors (Lipinski definition) is 5. The third-order valence-electron chi connectivity index (χ3n) is 2.14. The first kappa shape index (κ1) is 12.8. The molecule has 1 aromatic rings. The Balaban J connectivity index is 2.68. The van der Waals surface area contributed by atoms with Crippen LogP contribution >= 0.6 is 11.8 Å². The number of aryl methyl sites for hydroxylation is 1. The summed E-state index contributed by atoms with van der Waals surface area (Å²) in [4.78, 5) is 10.3. The lowest BCUT2D eigenvalue weighted by Gasteiger charge is -2.11. The molecule has 0 saturated carbocycles. The molecule has 6 nitrogen and oxygen atoms in total. The number of rotatable bonds is 6. The summed E-state index contributed by atoms with van der Waals surface area (Å²) in [7, 11) is 1.67. The normalized spacial score (nSPS) is 12.4. The molecular formula is C9H16N4O2S. The van der Waals surface area contributed by atoms with Crippen LogP contribution < -0.4 is 5.32 Å². The lowest BCUT2D eigenvalue weighted by molar-refractivity contribution is -0.384. The first-order valence-corrected chi connectivity index (χ1v) is 6.37. The van der Waals surface area contributed by atoms with Crippen molar-refractivity contribution < 1.29 is 4.92 Å². The molecular weight excluding hydrogens is 228 g/mol. The predicted octanol–water partition coefficient (Wildman–Crippen LogP) is 1.88. The van der Waals surface area contributed by atoms with Crippen molar-refractivity contribution in [3.05, 3.63) is 16.3 Å². The van der Waals surface area contributed by atoms with Crippen LogP contribution in [0.3, 0.4) is 0 Å². The molecule has 0 aliphatic rings. The number of nitrogens with zero attached hydrogens (tertiary/aromatic N) is 3. The monoisotopic (exact) mass is 244 g/mol. The molecule has 0 aliphatic heterocycles. The maximum atomic E-state index is 10.7. The summed E-state index contributed by atoms with van der Waals surface area (Å²) >= 11 is 1.76. The summed E-state index contributed by atoms with van der Waals surface area (Å²) in [5.41, 5.74) is 0.0264. The van der Waals surface area contributed by atoms with E-state index in [-0.39, 0.29) is 11.7 Å². The first-order valence-electron chi connectivity index (χ1n) is 4.98. The van der Waals surface area contributed by atoms with Crippen LogP contribution in [0.1, 0.15) is 13.3 Å². The van der Waals surface area contributed by atoms with Gasteiger partial charge >= 0.3 is 5.69 Å². The maximum absolute atomic E-state index is 10.7. The molecule has 1 heterocycles. The van der Waals surface area contributed by atoms with Crippen molar-refractivity contribution in [1.29, 1.82) is 0 Å². The molecule has 1 atom stereocenters. The Kier molecular flexibility index (Phi) is 4.60. The Hall–Kier alpha value is -1.24. The van der Waals surface area contributed by atoms with Gasteiger partial charge in [-0.05, 0) is 25.4 Å². The second-order valence-electron chi connectivity index (χ2n) is 3.62. The lowest BCUT2D eigenvalue weighted by atomic mass is 10.2. The van der Waals surface area contributed by atoms with Crippen LogP contribution in [0.4, 0.5) is 11.5 Å². The van der Waals surface area contributed by atoms with Crippen molar-refractivity contribution in [2.45, 2.75) is 19.4 Å². The smallest absolute Gasteiger partial charge is 0.330 e. The molecule has 0 radical (unpaired) electrons. The fourth-order valence-electron chi connectivity index (χ4n) is 1.31. The van der Waals surface area contributed by atoms with Gasteiger partial charge < -0.3 is 5.32 Å². The zero-order valence-corrected chi connectivity index (χ0v) is 10.5. The Labute approximate surface area is 98.6 Å². The molecule has 16 heavy (non-hydrogen) atoms. The van der Waals surface area contributed by atoms with Crippen molar-refractivity contribution in [2.75, 3.05) is 17.3 Å². The van der Waals surface area contributed by atoms with E-state index in [0.717, 1.165) is 12.2 Å². The van der Waals surface area contributed by atoms with E-state index in [1.165, 1.54) is 10.9 Å². The quantitative estimate of drug-likeness (QED) is 0.611. The lowest BCUT2D eigenvalue weighted by Crippen LogP contribution is -2.17. The van der Waals surface area contributed by atoms with Crippen LogP contribution in [-0.4, -0.2) is 32.8 Å². The van der Waals surface area contributed by atoms with E-state index >= 15 is 0 Å². The number of thioether (sulfide) groups is 1. The van der Waals surface area contributed by atoms with Gasteiger partial charge in [-0.15, -0.1) is 5.10 Å². The highest BCUT2D eigenvalue weighted by Crippen LogP contribution is 2.22.